The number of nitrogens with one attached hydrogen (secondary N) is 5. The number of hydrazine groups is 1. The summed E-state index contributed by atoms with van der Waals surface area (Å²) >= 11 is 0. The first-order valence-electron chi connectivity index (χ1n) is 26.2. The highest BCUT2D eigenvalue weighted by atomic mass is 16.3. The lowest BCUT2D eigenvalue weighted by Crippen LogP contribution is -2.69. The lowest BCUT2D eigenvalue weighted by atomic mass is 9.64. The molecule has 1 spiro atoms. The van der Waals surface area contributed by atoms with Gasteiger partial charge in [0.05, 0.1) is 30.4 Å². The third kappa shape index (κ3) is 9.00. The summed E-state index contributed by atoms with van der Waals surface area (Å²) in [6.45, 7) is 11.4. The van der Waals surface area contributed by atoms with Crippen molar-refractivity contribution in [3.05, 3.63) is 70.8 Å². The predicted octanol–water partition coefficient (Wildman–Crippen LogP) is 4.87. The largest absolute Gasteiger partial charge is 0.389 e. The summed E-state index contributed by atoms with van der Waals surface area (Å²) in [4.78, 5) is 58.2. The zero-order valence-electron chi connectivity index (χ0n) is 40.3. The highest BCUT2D eigenvalue weighted by Crippen LogP contribution is 2.50. The summed E-state index contributed by atoms with van der Waals surface area (Å²) < 4.78 is 0. The zero-order chi connectivity index (χ0) is 46.7. The molecule has 15 heteroatoms. The van der Waals surface area contributed by atoms with Crippen molar-refractivity contribution in [2.75, 3.05) is 56.0 Å². The molecule has 68 heavy (non-hydrogen) atoms. The number of aliphatic hydroxyl groups is 1. The number of benzene rings is 2. The van der Waals surface area contributed by atoms with Crippen molar-refractivity contribution in [1.82, 2.24) is 41.1 Å². The number of nitrogens with zero attached hydrogens (tertiary/aromatic N) is 5. The maximum atomic E-state index is 13.9. The maximum absolute atomic E-state index is 13.9. The molecule has 4 amide bonds. The fraction of sp³-hybridized carbons (Fsp3) is 0.660. The van der Waals surface area contributed by atoms with E-state index in [1.54, 1.807) is 4.90 Å². The average Bonchev–Trinajstić information content (AvgIpc) is 3.81. The number of likely N-dealkylation sites (tertiary alicyclic amines) is 1. The summed E-state index contributed by atoms with van der Waals surface area (Å²) in [5.41, 5.74) is 6.40. The molecule has 366 valence electrons. The van der Waals surface area contributed by atoms with E-state index in [2.05, 4.69) is 90.8 Å². The van der Waals surface area contributed by atoms with Crippen molar-refractivity contribution in [3.63, 3.8) is 0 Å². The van der Waals surface area contributed by atoms with E-state index in [9.17, 15) is 24.3 Å². The van der Waals surface area contributed by atoms with Gasteiger partial charge in [0.1, 0.15) is 12.3 Å². The third-order valence-electron chi connectivity index (χ3n) is 18.1. The molecule has 2 aromatic rings. The number of hydrogen-bond acceptors (Lipinski definition) is 12. The van der Waals surface area contributed by atoms with Gasteiger partial charge in [0.2, 0.25) is 17.7 Å². The van der Waals surface area contributed by atoms with Crippen molar-refractivity contribution >= 4 is 35.0 Å². The van der Waals surface area contributed by atoms with Crippen LogP contribution >= 0.6 is 0 Å². The maximum Gasteiger partial charge on any atom is 0.255 e. The normalized spacial score (nSPS) is 33.5. The first-order chi connectivity index (χ1) is 32.9. The van der Waals surface area contributed by atoms with Crippen LogP contribution in [0.15, 0.2) is 48.6 Å². The molecule has 7 fully saturated rings. The summed E-state index contributed by atoms with van der Waals surface area (Å²) in [6, 6.07) is 12.4. The second kappa shape index (κ2) is 18.7. The van der Waals surface area contributed by atoms with Gasteiger partial charge in [-0.05, 0) is 181 Å². The van der Waals surface area contributed by atoms with Crippen LogP contribution in [0.1, 0.15) is 136 Å². The second-order valence-corrected chi connectivity index (χ2v) is 22.4. The predicted molar refractivity (Wildman–Crippen MR) is 261 cm³/mol. The minimum Gasteiger partial charge on any atom is -0.389 e. The van der Waals surface area contributed by atoms with E-state index >= 15 is 0 Å². The van der Waals surface area contributed by atoms with Gasteiger partial charge in [-0.1, -0.05) is 18.2 Å². The molecular formula is C53H74N10O5. The molecule has 0 radical (unpaired) electrons. The Kier molecular flexibility index (Phi) is 12.7. The van der Waals surface area contributed by atoms with Crippen molar-refractivity contribution < 1.29 is 24.3 Å². The number of fused-ring (bicyclic) bond motifs is 7. The van der Waals surface area contributed by atoms with Crippen LogP contribution in [0.4, 0.5) is 11.4 Å². The summed E-state index contributed by atoms with van der Waals surface area (Å²) in [7, 11) is 0. The molecule has 11 rings (SSSR count). The fourth-order valence-electron chi connectivity index (χ4n) is 13.8. The Balaban J connectivity index is 0.650. The highest BCUT2D eigenvalue weighted by Gasteiger charge is 2.53. The molecular weight excluding hydrogens is 857 g/mol. The standard InChI is InChI=1S/C53H74N10O5/c1-34-9-10-38(55-51-54-31-42-47(58-51)63-45-8-6-7-44(56-45)52(2,68)19-4-3-5-24-62(63)50(42)67)30-41(34)36-15-20-53(21-16-36)22-27-59(28-23-53)32-35-17-25-60(26-18-35)39-11-12-40-37(29-39)33-61(49(40)66)43-13-14-46(64)57-48(43)65/h3,5,9-12,29-30,35-36,42-45,47,51,54-56,58,68H,4,6-8,13-28,31-33H2,1-2H3,(H,57,64,65)/b5-3-/t42?,43?,44?,45?,47?,51?,52-/m1/s1. The molecule has 15 nitrogen and oxygen atoms in total. The molecule has 7 atom stereocenters. The summed E-state index contributed by atoms with van der Waals surface area (Å²) in [5.74, 6) is 0.475. The molecule has 6 N–H and O–H groups in total. The van der Waals surface area contributed by atoms with E-state index in [0.717, 1.165) is 55.7 Å². The van der Waals surface area contributed by atoms with Crippen LogP contribution in [0.3, 0.4) is 0 Å². The number of piperidine rings is 4. The SMILES string of the molecule is Cc1ccc(NC2NCC3C(=O)N4C/C=C\CC[C@@](C)(O)C5CCCC(N5)N4C3N2)cc1C1CCC2(CC1)CCN(CC1CCN(c3ccc4c(c3)CN(C3CCC(=O)NC3=O)C4=O)CC1)CC2. The van der Waals surface area contributed by atoms with Gasteiger partial charge >= 0.3 is 0 Å². The van der Waals surface area contributed by atoms with Gasteiger partial charge in [-0.15, -0.1) is 0 Å². The topological polar surface area (TPSA) is 165 Å². The molecule has 6 unspecified atom stereocenters. The van der Waals surface area contributed by atoms with E-state index in [1.165, 1.54) is 82.1 Å². The number of carbonyl (C=O) groups is 4. The van der Waals surface area contributed by atoms with E-state index in [4.69, 9.17) is 0 Å². The van der Waals surface area contributed by atoms with E-state index < -0.39 is 11.6 Å². The number of allylic oxidation sites excluding steroid dienone is 1. The molecule has 8 heterocycles. The Morgan fingerprint density at radius 2 is 1.66 bits per heavy atom. The van der Waals surface area contributed by atoms with Crippen LogP contribution < -0.4 is 31.5 Å². The Bertz CT molecular complexity index is 2280. The number of rotatable bonds is 7. The summed E-state index contributed by atoms with van der Waals surface area (Å²) in [5, 5.41) is 33.0. The van der Waals surface area contributed by atoms with Gasteiger partial charge in [0.25, 0.3) is 5.91 Å². The number of aryl methyl sites for hydroxylation is 1. The Labute approximate surface area is 402 Å². The molecule has 6 saturated heterocycles. The summed E-state index contributed by atoms with van der Waals surface area (Å²) in [6.07, 6.45) is 18.9. The average molecular weight is 931 g/mol. The van der Waals surface area contributed by atoms with Crippen LogP contribution in [0.25, 0.3) is 0 Å². The lowest BCUT2D eigenvalue weighted by Gasteiger charge is -2.47. The zero-order valence-corrected chi connectivity index (χ0v) is 40.3. The smallest absolute Gasteiger partial charge is 0.255 e. The molecule has 0 aromatic heterocycles. The quantitative estimate of drug-likeness (QED) is 0.165. The monoisotopic (exact) mass is 931 g/mol. The minimum atomic E-state index is -0.804. The van der Waals surface area contributed by atoms with Gasteiger partial charge < -0.3 is 25.1 Å². The van der Waals surface area contributed by atoms with Gasteiger partial charge in [-0.2, -0.15) is 5.01 Å². The Morgan fingerprint density at radius 3 is 2.46 bits per heavy atom. The number of anilines is 2. The number of hydrogen-bond donors (Lipinski definition) is 6. The lowest BCUT2D eigenvalue weighted by molar-refractivity contribution is -0.146. The van der Waals surface area contributed by atoms with Gasteiger partial charge in [-0.3, -0.25) is 45.5 Å². The first-order valence-corrected chi connectivity index (χ1v) is 26.2. The molecule has 2 aromatic carbocycles. The molecule has 1 aliphatic carbocycles. The van der Waals surface area contributed by atoms with Crippen LogP contribution in [0.5, 0.6) is 0 Å². The van der Waals surface area contributed by atoms with E-state index in [0.29, 0.717) is 55.3 Å². The van der Waals surface area contributed by atoms with Crippen LogP contribution in [-0.4, -0.2) is 131 Å². The molecule has 2 bridgehead atoms. The van der Waals surface area contributed by atoms with Crippen molar-refractivity contribution in [2.24, 2.45) is 17.3 Å². The molecule has 1 saturated carbocycles. The second-order valence-electron chi connectivity index (χ2n) is 22.4. The van der Waals surface area contributed by atoms with Crippen molar-refractivity contribution in [3.8, 4) is 0 Å². The van der Waals surface area contributed by atoms with Gasteiger partial charge in [0.15, 0.2) is 0 Å². The first kappa shape index (κ1) is 46.0. The van der Waals surface area contributed by atoms with E-state index in [-0.39, 0.29) is 60.6 Å². The van der Waals surface area contributed by atoms with Gasteiger partial charge in [0, 0.05) is 62.1 Å². The fourth-order valence-corrected chi connectivity index (χ4v) is 13.8. The van der Waals surface area contributed by atoms with E-state index in [1.807, 2.05) is 18.0 Å². The van der Waals surface area contributed by atoms with Gasteiger partial charge in [-0.25, -0.2) is 0 Å². The highest BCUT2D eigenvalue weighted by molar-refractivity contribution is 6.05. The van der Waals surface area contributed by atoms with Crippen LogP contribution in [0, 0.1) is 24.2 Å². The number of carbonyl (C=O) groups excluding carboxylic acids is 4. The Hall–Kier alpha value is -4.38. The molecule has 9 aliphatic rings. The third-order valence-corrected chi connectivity index (χ3v) is 18.1. The van der Waals surface area contributed by atoms with Crippen molar-refractivity contribution in [1.29, 1.82) is 0 Å². The number of amides is 4. The van der Waals surface area contributed by atoms with Crippen LogP contribution in [-0.2, 0) is 20.9 Å². The van der Waals surface area contributed by atoms with Crippen molar-refractivity contribution in [2.45, 2.75) is 159 Å². The Morgan fingerprint density at radius 1 is 0.853 bits per heavy atom. The number of imide groups is 1. The van der Waals surface area contributed by atoms with Crippen LogP contribution in [0.2, 0.25) is 0 Å². The molecule has 8 aliphatic heterocycles. The minimum absolute atomic E-state index is 0.0142.